The number of carbonyl (C=O) groups is 1. The van der Waals surface area contributed by atoms with Gasteiger partial charge >= 0.3 is 0 Å². The highest BCUT2D eigenvalue weighted by Gasteiger charge is 2.21. The van der Waals surface area contributed by atoms with Crippen LogP contribution in [-0.4, -0.2) is 12.0 Å². The first-order valence-electron chi connectivity index (χ1n) is 5.68. The lowest BCUT2D eigenvalue weighted by atomic mass is 10.1. The van der Waals surface area contributed by atoms with Crippen molar-refractivity contribution in [2.24, 2.45) is 4.99 Å². The van der Waals surface area contributed by atoms with Crippen LogP contribution in [-0.2, 0) is 4.79 Å². The molecule has 98 valence electrons. The summed E-state index contributed by atoms with van der Waals surface area (Å²) in [7, 11) is 0. The number of aliphatic imine (C=N–C) groups is 1. The molecule has 1 amide bonds. The van der Waals surface area contributed by atoms with E-state index in [4.69, 9.17) is 16.3 Å². The fraction of sp³-hybridized carbons (Fsp3) is 0. The van der Waals surface area contributed by atoms with E-state index in [2.05, 4.69) is 10.3 Å². The Morgan fingerprint density at radius 1 is 1.15 bits per heavy atom. The molecular formula is C14H7ClN2O3. The molecule has 6 heteroatoms. The number of anilines is 1. The molecule has 2 aromatic carbocycles. The lowest BCUT2D eigenvalue weighted by Crippen LogP contribution is -2.10. The zero-order chi connectivity index (χ0) is 14.1. The number of nitrogens with zero attached hydrogens (tertiary/aromatic N) is 1. The fourth-order valence-electron chi connectivity index (χ4n) is 1.90. The first-order chi connectivity index (χ1) is 9.67. The number of ether oxygens (including phenoxy) is 1. The number of amides is 1. The number of fused-ring (bicyclic) bond motifs is 2. The lowest BCUT2D eigenvalue weighted by molar-refractivity contribution is 0.102. The summed E-state index contributed by atoms with van der Waals surface area (Å²) in [6, 6.07) is 9.55. The van der Waals surface area contributed by atoms with Gasteiger partial charge in [-0.2, -0.15) is 4.99 Å². The van der Waals surface area contributed by atoms with Gasteiger partial charge in [0.1, 0.15) is 5.75 Å². The number of halogens is 1. The molecule has 3 rings (SSSR count). The van der Waals surface area contributed by atoms with Crippen molar-refractivity contribution in [2.75, 3.05) is 5.32 Å². The van der Waals surface area contributed by atoms with Gasteiger partial charge in [0.15, 0.2) is 5.75 Å². The van der Waals surface area contributed by atoms with E-state index in [1.54, 1.807) is 30.3 Å². The minimum Gasteiger partial charge on any atom is -0.454 e. The number of carbonyl (C=O) groups excluding carboxylic acids is 2. The Hall–Kier alpha value is -2.62. The van der Waals surface area contributed by atoms with Gasteiger partial charge in [-0.25, -0.2) is 4.79 Å². The average molecular weight is 287 g/mol. The first kappa shape index (κ1) is 12.4. The number of nitrogens with one attached hydrogen (secondary N) is 1. The molecule has 0 bridgehead atoms. The normalized spacial score (nSPS) is 12.2. The molecule has 1 aliphatic rings. The van der Waals surface area contributed by atoms with Gasteiger partial charge in [0, 0.05) is 5.02 Å². The predicted molar refractivity (Wildman–Crippen MR) is 73.7 cm³/mol. The SMILES string of the molecule is O=C=Nc1ccc2c(c1)C(=O)Nc1cc(Cl)ccc1O2. The Labute approximate surface area is 118 Å². The van der Waals surface area contributed by atoms with Crippen LogP contribution in [0.2, 0.25) is 5.02 Å². The number of isocyanates is 1. The van der Waals surface area contributed by atoms with Gasteiger partial charge in [-0.3, -0.25) is 4.79 Å². The van der Waals surface area contributed by atoms with E-state index in [0.717, 1.165) is 0 Å². The van der Waals surface area contributed by atoms with Crippen LogP contribution in [0, 0.1) is 0 Å². The quantitative estimate of drug-likeness (QED) is 0.642. The third-order valence-electron chi connectivity index (χ3n) is 2.79. The van der Waals surface area contributed by atoms with E-state index in [9.17, 15) is 9.59 Å². The molecule has 1 N–H and O–H groups in total. The van der Waals surface area contributed by atoms with Crippen molar-refractivity contribution in [1.82, 2.24) is 0 Å². The molecule has 1 aliphatic heterocycles. The summed E-state index contributed by atoms with van der Waals surface area (Å²) in [6.07, 6.45) is 1.43. The molecule has 0 aliphatic carbocycles. The molecule has 0 saturated carbocycles. The first-order valence-corrected chi connectivity index (χ1v) is 6.06. The molecule has 2 aromatic rings. The van der Waals surface area contributed by atoms with E-state index in [1.807, 2.05) is 0 Å². The number of rotatable bonds is 1. The monoisotopic (exact) mass is 286 g/mol. The maximum atomic E-state index is 12.2. The Morgan fingerprint density at radius 3 is 2.75 bits per heavy atom. The summed E-state index contributed by atoms with van der Waals surface area (Å²) in [5.41, 5.74) is 1.11. The third kappa shape index (κ3) is 2.16. The van der Waals surface area contributed by atoms with Crippen LogP contribution in [0.5, 0.6) is 11.5 Å². The summed E-state index contributed by atoms with van der Waals surface area (Å²) in [5, 5.41) is 3.19. The Balaban J connectivity index is 2.12. The highest BCUT2D eigenvalue weighted by atomic mass is 35.5. The van der Waals surface area contributed by atoms with Crippen LogP contribution in [0.3, 0.4) is 0 Å². The second kappa shape index (κ2) is 4.81. The molecule has 1 heterocycles. The standard InChI is InChI=1S/C14H7ClN2O3/c15-8-1-3-13-11(5-8)17-14(19)10-6-9(16-7-18)2-4-12(10)20-13/h1-6H,(H,17,19). The van der Waals surface area contributed by atoms with Crippen LogP contribution in [0.1, 0.15) is 10.4 Å². The number of hydrogen-bond acceptors (Lipinski definition) is 4. The zero-order valence-corrected chi connectivity index (χ0v) is 10.8. The fourth-order valence-corrected chi connectivity index (χ4v) is 2.08. The van der Waals surface area contributed by atoms with Crippen molar-refractivity contribution < 1.29 is 14.3 Å². The van der Waals surface area contributed by atoms with Crippen molar-refractivity contribution in [1.29, 1.82) is 0 Å². The van der Waals surface area contributed by atoms with Crippen molar-refractivity contribution in [3.63, 3.8) is 0 Å². The van der Waals surface area contributed by atoms with Gasteiger partial charge in [0.05, 0.1) is 16.9 Å². The zero-order valence-electron chi connectivity index (χ0n) is 10.0. The maximum Gasteiger partial charge on any atom is 0.259 e. The highest BCUT2D eigenvalue weighted by molar-refractivity contribution is 6.31. The van der Waals surface area contributed by atoms with Gasteiger partial charge < -0.3 is 10.1 Å². The minimum absolute atomic E-state index is 0.286. The van der Waals surface area contributed by atoms with Gasteiger partial charge in [-0.05, 0) is 36.4 Å². The Bertz CT molecular complexity index is 767. The summed E-state index contributed by atoms with van der Waals surface area (Å²) >= 11 is 5.89. The van der Waals surface area contributed by atoms with Gasteiger partial charge in [0.25, 0.3) is 5.91 Å². The molecule has 0 atom stereocenters. The van der Waals surface area contributed by atoms with Crippen LogP contribution in [0.4, 0.5) is 11.4 Å². The van der Waals surface area contributed by atoms with E-state index < -0.39 is 0 Å². The number of benzene rings is 2. The smallest absolute Gasteiger partial charge is 0.259 e. The third-order valence-corrected chi connectivity index (χ3v) is 3.03. The predicted octanol–water partition coefficient (Wildman–Crippen LogP) is 3.67. The van der Waals surface area contributed by atoms with E-state index in [1.165, 1.54) is 12.1 Å². The Morgan fingerprint density at radius 2 is 1.95 bits per heavy atom. The second-order valence-corrected chi connectivity index (χ2v) is 4.52. The molecule has 20 heavy (non-hydrogen) atoms. The molecule has 0 spiro atoms. The van der Waals surface area contributed by atoms with Crippen molar-refractivity contribution >= 4 is 35.0 Å². The summed E-state index contributed by atoms with van der Waals surface area (Å²) in [6.45, 7) is 0. The van der Waals surface area contributed by atoms with Gasteiger partial charge in [-0.15, -0.1) is 0 Å². The Kier molecular flexibility index (Phi) is 2.99. The summed E-state index contributed by atoms with van der Waals surface area (Å²) < 4.78 is 5.68. The van der Waals surface area contributed by atoms with E-state index in [-0.39, 0.29) is 11.5 Å². The van der Waals surface area contributed by atoms with Crippen molar-refractivity contribution in [2.45, 2.75) is 0 Å². The van der Waals surface area contributed by atoms with Crippen molar-refractivity contribution in [3.05, 3.63) is 47.0 Å². The van der Waals surface area contributed by atoms with Crippen LogP contribution < -0.4 is 10.1 Å². The highest BCUT2D eigenvalue weighted by Crippen LogP contribution is 2.38. The second-order valence-electron chi connectivity index (χ2n) is 4.08. The number of hydrogen-bond donors (Lipinski definition) is 1. The molecule has 0 unspecified atom stereocenters. The molecule has 0 fully saturated rings. The van der Waals surface area contributed by atoms with Crippen molar-refractivity contribution in [3.8, 4) is 11.5 Å². The minimum atomic E-state index is -0.357. The molecule has 0 saturated heterocycles. The molecule has 5 nitrogen and oxygen atoms in total. The van der Waals surface area contributed by atoms with Gasteiger partial charge in [-0.1, -0.05) is 11.6 Å². The average Bonchev–Trinajstić information content (AvgIpc) is 2.55. The molecule has 0 aromatic heterocycles. The molecular weight excluding hydrogens is 280 g/mol. The summed E-state index contributed by atoms with van der Waals surface area (Å²) in [5.74, 6) is 0.519. The molecule has 0 radical (unpaired) electrons. The van der Waals surface area contributed by atoms with Crippen LogP contribution in [0.15, 0.2) is 41.4 Å². The topological polar surface area (TPSA) is 67.8 Å². The van der Waals surface area contributed by atoms with E-state index in [0.29, 0.717) is 27.9 Å². The van der Waals surface area contributed by atoms with Crippen LogP contribution >= 0.6 is 11.6 Å². The largest absolute Gasteiger partial charge is 0.454 e. The van der Waals surface area contributed by atoms with Crippen LogP contribution in [0.25, 0.3) is 0 Å². The maximum absolute atomic E-state index is 12.2. The summed E-state index contributed by atoms with van der Waals surface area (Å²) in [4.78, 5) is 25.9. The van der Waals surface area contributed by atoms with E-state index >= 15 is 0 Å². The lowest BCUT2D eigenvalue weighted by Gasteiger charge is -2.07. The van der Waals surface area contributed by atoms with Gasteiger partial charge in [0.2, 0.25) is 6.08 Å².